The van der Waals surface area contributed by atoms with Crippen LogP contribution < -0.4 is 0 Å². The van der Waals surface area contributed by atoms with E-state index in [1.54, 1.807) is 0 Å². The van der Waals surface area contributed by atoms with Crippen molar-refractivity contribution in [2.75, 3.05) is 0 Å². The molecule has 0 N–H and O–H groups in total. The van der Waals surface area contributed by atoms with Crippen LogP contribution >= 0.6 is 0 Å². The normalized spacial score (nSPS) is 15.4. The summed E-state index contributed by atoms with van der Waals surface area (Å²) in [5.74, 6) is 0.0743. The topological polar surface area (TPSA) is 0 Å². The van der Waals surface area contributed by atoms with Gasteiger partial charge in [0.05, 0.1) is 0 Å². The van der Waals surface area contributed by atoms with Crippen LogP contribution in [0.15, 0.2) is 158 Å². The van der Waals surface area contributed by atoms with Gasteiger partial charge in [0.1, 0.15) is 0 Å². The van der Waals surface area contributed by atoms with Crippen LogP contribution in [-0.4, -0.2) is 0 Å². The van der Waals surface area contributed by atoms with E-state index in [0.29, 0.717) is 0 Å². The Kier molecular flexibility index (Phi) is 7.03. The van der Waals surface area contributed by atoms with E-state index in [1.807, 2.05) is 0 Å². The van der Waals surface area contributed by atoms with E-state index in [1.165, 1.54) is 174 Å². The van der Waals surface area contributed by atoms with Crippen molar-refractivity contribution in [3.05, 3.63) is 224 Å². The Hall–Kier alpha value is -7.54. The van der Waals surface area contributed by atoms with Crippen molar-refractivity contribution in [2.45, 2.75) is 53.4 Å². The molecule has 0 bridgehead atoms. The van der Waals surface area contributed by atoms with E-state index >= 15 is 0 Å². The molecule has 2 unspecified atom stereocenters. The summed E-state index contributed by atoms with van der Waals surface area (Å²) < 4.78 is 0. The highest BCUT2D eigenvalue weighted by molar-refractivity contribution is 6.48. The van der Waals surface area contributed by atoms with Crippen LogP contribution in [0, 0.1) is 41.5 Å². The first-order chi connectivity index (χ1) is 32.3. The summed E-state index contributed by atoms with van der Waals surface area (Å²) >= 11 is 0. The average molecular weight is 839 g/mol. The molecule has 0 radical (unpaired) electrons. The van der Waals surface area contributed by atoms with E-state index < -0.39 is 0 Å². The number of benzene rings is 13. The summed E-state index contributed by atoms with van der Waals surface area (Å²) in [6, 6.07) is 61.4. The second kappa shape index (κ2) is 12.6. The van der Waals surface area contributed by atoms with E-state index in [9.17, 15) is 0 Å². The molecule has 0 nitrogen and oxygen atoms in total. The van der Waals surface area contributed by atoms with Gasteiger partial charge in [0.15, 0.2) is 0 Å². The summed E-state index contributed by atoms with van der Waals surface area (Å²) in [7, 11) is 0. The number of fused-ring (bicyclic) bond motifs is 18. The molecule has 0 spiro atoms. The quantitative estimate of drug-likeness (QED) is 0.120. The second-order valence-electron chi connectivity index (χ2n) is 20.0. The molecule has 310 valence electrons. The molecule has 0 saturated heterocycles. The Morgan fingerprint density at radius 3 is 0.833 bits per heavy atom. The van der Waals surface area contributed by atoms with Gasteiger partial charge in [-0.05, 0) is 205 Å². The SMILES string of the molecule is Cc1cc(C)c(C2c3cccc4c3c3c2c2c5c(c3c3c6ccccc6c6ccccc6c43)C(c3c(C)cc(C)cc3C)c3cccc(c35)c3c4ccccc4c4ccccc4c23)c(C)c1. The molecule has 0 saturated carbocycles. The van der Waals surface area contributed by atoms with Gasteiger partial charge >= 0.3 is 0 Å². The number of hydrogen-bond donors (Lipinski definition) is 0. The van der Waals surface area contributed by atoms with Crippen LogP contribution in [0.1, 0.15) is 78.6 Å². The highest BCUT2D eigenvalue weighted by Crippen LogP contribution is 2.64. The van der Waals surface area contributed by atoms with E-state index in [4.69, 9.17) is 0 Å². The van der Waals surface area contributed by atoms with Gasteiger partial charge in [-0.1, -0.05) is 169 Å². The summed E-state index contributed by atoms with van der Waals surface area (Å²) in [5, 5.41) is 27.6. The van der Waals surface area contributed by atoms with Crippen molar-refractivity contribution >= 4 is 108 Å². The van der Waals surface area contributed by atoms with Crippen molar-refractivity contribution < 1.29 is 0 Å². The third-order valence-corrected chi connectivity index (χ3v) is 16.4. The minimum Gasteiger partial charge on any atom is -0.0616 e. The number of hydrogen-bond acceptors (Lipinski definition) is 0. The fourth-order valence-corrected chi connectivity index (χ4v) is 14.6. The summed E-state index contributed by atoms with van der Waals surface area (Å²) in [6.45, 7) is 14.0. The van der Waals surface area contributed by atoms with Crippen molar-refractivity contribution in [2.24, 2.45) is 0 Å². The monoisotopic (exact) mass is 838 g/mol. The molecule has 13 aromatic rings. The Bertz CT molecular complexity index is 4130. The predicted octanol–water partition coefficient (Wildman–Crippen LogP) is 18.1. The molecule has 0 heterocycles. The molecular weight excluding hydrogens is 793 g/mol. The fourth-order valence-electron chi connectivity index (χ4n) is 14.6. The molecule has 0 aromatic heterocycles. The predicted molar refractivity (Wildman–Crippen MR) is 285 cm³/mol. The Balaban J connectivity index is 1.36. The highest BCUT2D eigenvalue weighted by Gasteiger charge is 2.42. The fraction of sp³-hybridized carbons (Fsp3) is 0.121. The lowest BCUT2D eigenvalue weighted by atomic mass is 9.76. The molecule has 2 aliphatic carbocycles. The molecule has 0 fully saturated rings. The lowest BCUT2D eigenvalue weighted by molar-refractivity contribution is 0.981. The zero-order chi connectivity index (χ0) is 44.0. The first-order valence-electron chi connectivity index (χ1n) is 23.8. The van der Waals surface area contributed by atoms with Gasteiger partial charge < -0.3 is 0 Å². The van der Waals surface area contributed by atoms with Gasteiger partial charge in [-0.3, -0.25) is 0 Å². The zero-order valence-corrected chi connectivity index (χ0v) is 38.2. The molecule has 2 aliphatic rings. The molecule has 0 heteroatoms. The first-order valence-corrected chi connectivity index (χ1v) is 23.8. The Morgan fingerprint density at radius 2 is 0.500 bits per heavy atom. The number of rotatable bonds is 2. The van der Waals surface area contributed by atoms with Crippen LogP contribution in [0.5, 0.6) is 0 Å². The van der Waals surface area contributed by atoms with Crippen LogP contribution in [0.2, 0.25) is 0 Å². The Morgan fingerprint density at radius 1 is 0.227 bits per heavy atom. The molecular formula is C66H46. The maximum Gasteiger partial charge on any atom is 0.0364 e. The molecule has 2 atom stereocenters. The van der Waals surface area contributed by atoms with E-state index in [-0.39, 0.29) is 11.8 Å². The summed E-state index contributed by atoms with van der Waals surface area (Å²) in [4.78, 5) is 0. The number of aryl methyl sites for hydroxylation is 6. The van der Waals surface area contributed by atoms with Crippen LogP contribution in [0.4, 0.5) is 0 Å². The minimum atomic E-state index is 0.0372. The lowest BCUT2D eigenvalue weighted by Gasteiger charge is -2.26. The molecule has 0 aliphatic heterocycles. The van der Waals surface area contributed by atoms with Crippen LogP contribution in [0.3, 0.4) is 0 Å². The van der Waals surface area contributed by atoms with Gasteiger partial charge in [-0.25, -0.2) is 0 Å². The third kappa shape index (κ3) is 4.32. The van der Waals surface area contributed by atoms with Crippen molar-refractivity contribution in [3.8, 4) is 0 Å². The maximum atomic E-state index is 2.49. The van der Waals surface area contributed by atoms with E-state index in [2.05, 4.69) is 199 Å². The Labute approximate surface area is 383 Å². The largest absolute Gasteiger partial charge is 0.0616 e. The maximum absolute atomic E-state index is 2.49. The van der Waals surface area contributed by atoms with Crippen LogP contribution in [0.25, 0.3) is 108 Å². The highest BCUT2D eigenvalue weighted by atomic mass is 14.4. The smallest absolute Gasteiger partial charge is 0.0364 e. The van der Waals surface area contributed by atoms with Gasteiger partial charge in [0.25, 0.3) is 0 Å². The first kappa shape index (κ1) is 36.8. The average Bonchev–Trinajstić information content (AvgIpc) is 3.84. The third-order valence-electron chi connectivity index (χ3n) is 16.4. The van der Waals surface area contributed by atoms with Gasteiger partial charge in [-0.2, -0.15) is 0 Å². The minimum absolute atomic E-state index is 0.0372. The lowest BCUT2D eigenvalue weighted by Crippen LogP contribution is -2.08. The molecule has 0 amide bonds. The van der Waals surface area contributed by atoms with Crippen LogP contribution in [-0.2, 0) is 0 Å². The van der Waals surface area contributed by atoms with Gasteiger partial charge in [0.2, 0.25) is 0 Å². The summed E-state index contributed by atoms with van der Waals surface area (Å²) in [5.41, 5.74) is 16.9. The van der Waals surface area contributed by atoms with Crippen molar-refractivity contribution in [1.82, 2.24) is 0 Å². The van der Waals surface area contributed by atoms with E-state index in [0.717, 1.165) is 0 Å². The van der Waals surface area contributed by atoms with Crippen molar-refractivity contribution in [1.29, 1.82) is 0 Å². The molecule has 15 rings (SSSR count). The van der Waals surface area contributed by atoms with Crippen molar-refractivity contribution in [3.63, 3.8) is 0 Å². The zero-order valence-electron chi connectivity index (χ0n) is 38.2. The standard InChI is InChI=1S/C66H46/c1-33-29-35(3)51(36(4)30-33)59-49-27-15-25-47-53-43-21-11-7-18-40(43)42-20-10-14-24-46(42)58(53)64-61(55(47)49)65(59)63-57-45-23-13-9-19-41(45)39-17-8-12-22-44(39)54(57)48-26-16-28-50-56(48)62(63)66(64)60(50)52-37(5)31-34(2)32-38(52)6/h7-32,59-60H,1-6H3. The second-order valence-corrected chi connectivity index (χ2v) is 20.0. The van der Waals surface area contributed by atoms with Gasteiger partial charge in [0, 0.05) is 11.8 Å². The van der Waals surface area contributed by atoms with Gasteiger partial charge in [-0.15, -0.1) is 0 Å². The summed E-state index contributed by atoms with van der Waals surface area (Å²) in [6.07, 6.45) is 0. The molecule has 66 heavy (non-hydrogen) atoms. The molecule has 13 aromatic carbocycles.